The van der Waals surface area contributed by atoms with Gasteiger partial charge in [0.15, 0.2) is 0 Å². The Kier molecular flexibility index (Phi) is 3.47. The molecule has 2 atom stereocenters. The van der Waals surface area contributed by atoms with Crippen molar-refractivity contribution in [1.82, 2.24) is 5.32 Å². The summed E-state index contributed by atoms with van der Waals surface area (Å²) in [4.78, 5) is 0. The van der Waals surface area contributed by atoms with Crippen molar-refractivity contribution in [1.29, 1.82) is 0 Å². The summed E-state index contributed by atoms with van der Waals surface area (Å²) >= 11 is 0. The maximum atomic E-state index is 5.91. The van der Waals surface area contributed by atoms with Gasteiger partial charge < -0.3 is 10.1 Å². The zero-order chi connectivity index (χ0) is 10.7. The van der Waals surface area contributed by atoms with Crippen molar-refractivity contribution in [3.63, 3.8) is 0 Å². The fourth-order valence-corrected chi connectivity index (χ4v) is 2.81. The van der Waals surface area contributed by atoms with Crippen LogP contribution >= 0.6 is 0 Å². The Labute approximate surface area is 93.1 Å². The third kappa shape index (κ3) is 2.61. The molecule has 2 nitrogen and oxygen atoms in total. The first-order chi connectivity index (χ1) is 7.24. The molecule has 0 aromatic rings. The van der Waals surface area contributed by atoms with Gasteiger partial charge in [0.05, 0.1) is 5.60 Å². The standard InChI is InChI=1S/C13H23NO/c1-3-5-11(2)14-12-6-9-15-13(10-12)7-4-8-13/h3,11-12,14H,1,4-10H2,2H3. The molecule has 1 N–H and O–H groups in total. The van der Waals surface area contributed by atoms with Crippen LogP contribution in [0.1, 0.15) is 45.4 Å². The van der Waals surface area contributed by atoms with Gasteiger partial charge in [-0.05, 0) is 45.4 Å². The van der Waals surface area contributed by atoms with Gasteiger partial charge >= 0.3 is 0 Å². The fourth-order valence-electron chi connectivity index (χ4n) is 2.81. The van der Waals surface area contributed by atoms with E-state index in [1.54, 1.807) is 0 Å². The molecule has 0 radical (unpaired) electrons. The number of nitrogens with one attached hydrogen (secondary N) is 1. The van der Waals surface area contributed by atoms with Crippen LogP contribution < -0.4 is 5.32 Å². The number of rotatable bonds is 4. The predicted octanol–water partition coefficient (Wildman–Crippen LogP) is 2.64. The van der Waals surface area contributed by atoms with Crippen molar-refractivity contribution in [3.8, 4) is 0 Å². The first-order valence-corrected chi connectivity index (χ1v) is 6.25. The molecule has 1 saturated heterocycles. The summed E-state index contributed by atoms with van der Waals surface area (Å²) in [6.07, 6.45) is 9.36. The smallest absolute Gasteiger partial charge is 0.0697 e. The van der Waals surface area contributed by atoms with E-state index in [0.717, 1.165) is 13.0 Å². The van der Waals surface area contributed by atoms with E-state index in [1.807, 2.05) is 6.08 Å². The summed E-state index contributed by atoms with van der Waals surface area (Å²) in [5, 5.41) is 3.69. The Morgan fingerprint density at radius 3 is 3.00 bits per heavy atom. The van der Waals surface area contributed by atoms with E-state index in [4.69, 9.17) is 4.74 Å². The summed E-state index contributed by atoms with van der Waals surface area (Å²) in [7, 11) is 0. The second kappa shape index (κ2) is 4.67. The first-order valence-electron chi connectivity index (χ1n) is 6.25. The molecule has 0 bridgehead atoms. The molecule has 0 aromatic carbocycles. The van der Waals surface area contributed by atoms with Crippen LogP contribution in [0.5, 0.6) is 0 Å². The maximum Gasteiger partial charge on any atom is 0.0697 e. The highest BCUT2D eigenvalue weighted by Crippen LogP contribution is 2.42. The molecule has 15 heavy (non-hydrogen) atoms. The van der Waals surface area contributed by atoms with Crippen LogP contribution in [0.4, 0.5) is 0 Å². The Hall–Kier alpha value is -0.340. The van der Waals surface area contributed by atoms with Crippen LogP contribution in [0.15, 0.2) is 12.7 Å². The minimum absolute atomic E-state index is 0.268. The van der Waals surface area contributed by atoms with Gasteiger partial charge in [-0.15, -0.1) is 6.58 Å². The molecule has 1 heterocycles. The van der Waals surface area contributed by atoms with Crippen molar-refractivity contribution in [3.05, 3.63) is 12.7 Å². The van der Waals surface area contributed by atoms with Crippen LogP contribution in [0, 0.1) is 0 Å². The molecule has 2 aliphatic rings. The van der Waals surface area contributed by atoms with Gasteiger partial charge in [0.1, 0.15) is 0 Å². The molecule has 1 saturated carbocycles. The zero-order valence-corrected chi connectivity index (χ0v) is 9.80. The van der Waals surface area contributed by atoms with Gasteiger partial charge in [0, 0.05) is 18.7 Å². The lowest BCUT2D eigenvalue weighted by molar-refractivity contribution is -0.136. The van der Waals surface area contributed by atoms with Gasteiger partial charge in [-0.25, -0.2) is 0 Å². The van der Waals surface area contributed by atoms with Crippen LogP contribution in [0.2, 0.25) is 0 Å². The molecule has 0 amide bonds. The lowest BCUT2D eigenvalue weighted by atomic mass is 9.74. The molecule has 1 aliphatic heterocycles. The van der Waals surface area contributed by atoms with E-state index < -0.39 is 0 Å². The monoisotopic (exact) mass is 209 g/mol. The quantitative estimate of drug-likeness (QED) is 0.719. The average molecular weight is 209 g/mol. The predicted molar refractivity (Wildman–Crippen MR) is 63.0 cm³/mol. The summed E-state index contributed by atoms with van der Waals surface area (Å²) in [5.74, 6) is 0. The number of hydrogen-bond acceptors (Lipinski definition) is 2. The zero-order valence-electron chi connectivity index (χ0n) is 9.80. The third-order valence-corrected chi connectivity index (χ3v) is 3.80. The molecule has 0 aromatic heterocycles. The first kappa shape index (κ1) is 11.2. The molecule has 1 spiro atoms. The molecular weight excluding hydrogens is 186 g/mol. The highest BCUT2D eigenvalue weighted by Gasteiger charge is 2.42. The Bertz CT molecular complexity index is 223. The van der Waals surface area contributed by atoms with E-state index in [9.17, 15) is 0 Å². The summed E-state index contributed by atoms with van der Waals surface area (Å²) in [6, 6.07) is 1.22. The van der Waals surface area contributed by atoms with Gasteiger partial charge in [-0.1, -0.05) is 6.08 Å². The molecule has 1 aliphatic carbocycles. The molecule has 2 fully saturated rings. The Morgan fingerprint density at radius 1 is 1.60 bits per heavy atom. The van der Waals surface area contributed by atoms with E-state index in [0.29, 0.717) is 12.1 Å². The van der Waals surface area contributed by atoms with Crippen molar-refractivity contribution in [2.24, 2.45) is 0 Å². The SMILES string of the molecule is C=CCC(C)NC1CCOC2(CCC2)C1. The summed E-state index contributed by atoms with van der Waals surface area (Å²) in [5.41, 5.74) is 0.268. The molecule has 2 unspecified atom stereocenters. The highest BCUT2D eigenvalue weighted by atomic mass is 16.5. The fraction of sp³-hybridized carbons (Fsp3) is 0.846. The Morgan fingerprint density at radius 2 is 2.40 bits per heavy atom. The van der Waals surface area contributed by atoms with Crippen molar-refractivity contribution >= 4 is 0 Å². The topological polar surface area (TPSA) is 21.3 Å². The van der Waals surface area contributed by atoms with E-state index in [-0.39, 0.29) is 5.60 Å². The molecule has 2 heteroatoms. The normalized spacial score (nSPS) is 30.9. The third-order valence-electron chi connectivity index (χ3n) is 3.80. The second-order valence-corrected chi connectivity index (χ2v) is 5.17. The molecule has 86 valence electrons. The average Bonchev–Trinajstić information content (AvgIpc) is 2.16. The number of ether oxygens (including phenoxy) is 1. The molecular formula is C13H23NO. The van der Waals surface area contributed by atoms with Gasteiger partial charge in [0.25, 0.3) is 0 Å². The number of hydrogen-bond donors (Lipinski definition) is 1. The van der Waals surface area contributed by atoms with Crippen LogP contribution in [-0.4, -0.2) is 24.3 Å². The highest BCUT2D eigenvalue weighted by molar-refractivity contribution is 4.96. The second-order valence-electron chi connectivity index (χ2n) is 5.17. The van der Waals surface area contributed by atoms with E-state index >= 15 is 0 Å². The Balaban J connectivity index is 1.79. The largest absolute Gasteiger partial charge is 0.375 e. The lowest BCUT2D eigenvalue weighted by Gasteiger charge is -2.47. The van der Waals surface area contributed by atoms with Gasteiger partial charge in [-0.3, -0.25) is 0 Å². The van der Waals surface area contributed by atoms with E-state index in [2.05, 4.69) is 18.8 Å². The van der Waals surface area contributed by atoms with Crippen molar-refractivity contribution in [2.75, 3.05) is 6.61 Å². The van der Waals surface area contributed by atoms with Crippen LogP contribution in [-0.2, 0) is 4.74 Å². The lowest BCUT2D eigenvalue weighted by Crippen LogP contribution is -2.52. The van der Waals surface area contributed by atoms with Crippen molar-refractivity contribution in [2.45, 2.75) is 63.1 Å². The summed E-state index contributed by atoms with van der Waals surface area (Å²) in [6.45, 7) is 6.97. The van der Waals surface area contributed by atoms with Gasteiger partial charge in [0.2, 0.25) is 0 Å². The van der Waals surface area contributed by atoms with E-state index in [1.165, 1.54) is 32.1 Å². The van der Waals surface area contributed by atoms with Crippen LogP contribution in [0.3, 0.4) is 0 Å². The summed E-state index contributed by atoms with van der Waals surface area (Å²) < 4.78 is 5.91. The van der Waals surface area contributed by atoms with Crippen molar-refractivity contribution < 1.29 is 4.74 Å². The van der Waals surface area contributed by atoms with Gasteiger partial charge in [-0.2, -0.15) is 0 Å². The maximum absolute atomic E-state index is 5.91. The molecule has 2 rings (SSSR count). The minimum Gasteiger partial charge on any atom is -0.375 e. The van der Waals surface area contributed by atoms with Crippen LogP contribution in [0.25, 0.3) is 0 Å². The minimum atomic E-state index is 0.268.